The van der Waals surface area contributed by atoms with E-state index in [1.54, 1.807) is 0 Å². The SMILES string of the molecule is CCCNC(C)C(C)(C)CN(CCC)C1CC1. The van der Waals surface area contributed by atoms with Crippen LogP contribution in [0.2, 0.25) is 0 Å². The fraction of sp³-hybridized carbons (Fsp3) is 1.00. The minimum atomic E-state index is 0.368. The molecule has 0 aromatic carbocycles. The molecule has 1 N–H and O–H groups in total. The summed E-state index contributed by atoms with van der Waals surface area (Å²) in [6.45, 7) is 15.3. The van der Waals surface area contributed by atoms with Crippen LogP contribution in [0, 0.1) is 5.41 Å². The van der Waals surface area contributed by atoms with Crippen LogP contribution in [0.3, 0.4) is 0 Å². The minimum Gasteiger partial charge on any atom is -0.314 e. The summed E-state index contributed by atoms with van der Waals surface area (Å²) in [7, 11) is 0. The van der Waals surface area contributed by atoms with E-state index in [9.17, 15) is 0 Å². The van der Waals surface area contributed by atoms with Crippen LogP contribution in [0.1, 0.15) is 60.3 Å². The van der Waals surface area contributed by atoms with Crippen molar-refractivity contribution in [2.45, 2.75) is 72.4 Å². The Bertz CT molecular complexity index is 209. The van der Waals surface area contributed by atoms with Gasteiger partial charge in [-0.1, -0.05) is 27.7 Å². The second kappa shape index (κ2) is 6.75. The molecular formula is C15H32N2. The van der Waals surface area contributed by atoms with Crippen LogP contribution in [-0.4, -0.2) is 36.6 Å². The fourth-order valence-electron chi connectivity index (χ4n) is 2.42. The summed E-state index contributed by atoms with van der Waals surface area (Å²) < 4.78 is 0. The Morgan fingerprint density at radius 2 is 1.88 bits per heavy atom. The predicted octanol–water partition coefficient (Wildman–Crippen LogP) is 3.28. The van der Waals surface area contributed by atoms with E-state index in [1.807, 2.05) is 0 Å². The number of hydrogen-bond donors (Lipinski definition) is 1. The number of hydrogen-bond acceptors (Lipinski definition) is 2. The van der Waals surface area contributed by atoms with Crippen molar-refractivity contribution in [1.29, 1.82) is 0 Å². The van der Waals surface area contributed by atoms with Crippen LogP contribution in [0.5, 0.6) is 0 Å². The molecule has 2 heteroatoms. The first-order valence-electron chi connectivity index (χ1n) is 7.48. The molecule has 1 saturated carbocycles. The largest absolute Gasteiger partial charge is 0.314 e. The van der Waals surface area contributed by atoms with Crippen LogP contribution >= 0.6 is 0 Å². The Morgan fingerprint density at radius 1 is 1.24 bits per heavy atom. The second-order valence-corrected chi connectivity index (χ2v) is 6.37. The number of nitrogens with zero attached hydrogens (tertiary/aromatic N) is 1. The molecule has 2 nitrogen and oxygen atoms in total. The van der Waals surface area contributed by atoms with Crippen molar-refractivity contribution in [3.63, 3.8) is 0 Å². The molecule has 102 valence electrons. The molecule has 1 unspecified atom stereocenters. The topological polar surface area (TPSA) is 15.3 Å². The molecule has 1 aliphatic rings. The van der Waals surface area contributed by atoms with E-state index in [-0.39, 0.29) is 0 Å². The van der Waals surface area contributed by atoms with Crippen LogP contribution in [0.15, 0.2) is 0 Å². The highest BCUT2D eigenvalue weighted by atomic mass is 15.2. The van der Waals surface area contributed by atoms with Crippen molar-refractivity contribution in [2.75, 3.05) is 19.6 Å². The Hall–Kier alpha value is -0.0800. The van der Waals surface area contributed by atoms with Gasteiger partial charge in [-0.15, -0.1) is 0 Å². The highest BCUT2D eigenvalue weighted by Crippen LogP contribution is 2.31. The molecular weight excluding hydrogens is 208 g/mol. The Kier molecular flexibility index (Phi) is 5.94. The van der Waals surface area contributed by atoms with Gasteiger partial charge >= 0.3 is 0 Å². The lowest BCUT2D eigenvalue weighted by Gasteiger charge is -2.38. The van der Waals surface area contributed by atoms with Gasteiger partial charge in [0.15, 0.2) is 0 Å². The van der Waals surface area contributed by atoms with E-state index in [1.165, 1.54) is 38.8 Å². The average Bonchev–Trinajstić information content (AvgIpc) is 3.08. The van der Waals surface area contributed by atoms with Gasteiger partial charge in [-0.05, 0) is 51.1 Å². The smallest absolute Gasteiger partial charge is 0.0102 e. The normalized spacial score (nSPS) is 18.7. The zero-order valence-electron chi connectivity index (χ0n) is 12.6. The van der Waals surface area contributed by atoms with E-state index in [2.05, 4.69) is 44.8 Å². The second-order valence-electron chi connectivity index (χ2n) is 6.37. The molecule has 0 saturated heterocycles. The highest BCUT2D eigenvalue weighted by Gasteiger charge is 2.34. The predicted molar refractivity (Wildman–Crippen MR) is 76.4 cm³/mol. The van der Waals surface area contributed by atoms with Crippen molar-refractivity contribution in [3.8, 4) is 0 Å². The molecule has 0 aromatic rings. The maximum absolute atomic E-state index is 3.65. The van der Waals surface area contributed by atoms with Crippen molar-refractivity contribution < 1.29 is 0 Å². The first-order valence-corrected chi connectivity index (χ1v) is 7.48. The summed E-state index contributed by atoms with van der Waals surface area (Å²) in [6, 6.07) is 1.49. The molecule has 0 radical (unpaired) electrons. The molecule has 0 aliphatic heterocycles. The number of rotatable bonds is 9. The summed E-state index contributed by atoms with van der Waals surface area (Å²) in [5.41, 5.74) is 0.368. The molecule has 1 rings (SSSR count). The monoisotopic (exact) mass is 240 g/mol. The van der Waals surface area contributed by atoms with Crippen molar-refractivity contribution >= 4 is 0 Å². The first kappa shape index (κ1) is 15.0. The van der Waals surface area contributed by atoms with Crippen LogP contribution in [-0.2, 0) is 0 Å². The van der Waals surface area contributed by atoms with Gasteiger partial charge in [0.2, 0.25) is 0 Å². The van der Waals surface area contributed by atoms with Gasteiger partial charge in [0.25, 0.3) is 0 Å². The van der Waals surface area contributed by atoms with Crippen molar-refractivity contribution in [3.05, 3.63) is 0 Å². The molecule has 0 heterocycles. The van der Waals surface area contributed by atoms with E-state index >= 15 is 0 Å². The third kappa shape index (κ3) is 4.97. The molecule has 1 aliphatic carbocycles. The lowest BCUT2D eigenvalue weighted by Crippen LogP contribution is -2.47. The summed E-state index contributed by atoms with van der Waals surface area (Å²) in [4.78, 5) is 2.71. The number of nitrogens with one attached hydrogen (secondary N) is 1. The maximum Gasteiger partial charge on any atom is 0.0102 e. The van der Waals surface area contributed by atoms with Gasteiger partial charge in [-0.3, -0.25) is 4.90 Å². The molecule has 1 atom stereocenters. The molecule has 0 bridgehead atoms. The Labute approximate surface area is 108 Å². The average molecular weight is 240 g/mol. The van der Waals surface area contributed by atoms with Gasteiger partial charge < -0.3 is 5.32 Å². The third-order valence-electron chi connectivity index (χ3n) is 4.06. The quantitative estimate of drug-likeness (QED) is 0.665. The zero-order valence-corrected chi connectivity index (χ0v) is 12.6. The van der Waals surface area contributed by atoms with Gasteiger partial charge in [0.05, 0.1) is 0 Å². The van der Waals surface area contributed by atoms with E-state index in [0.29, 0.717) is 11.5 Å². The molecule has 0 amide bonds. The molecule has 1 fully saturated rings. The van der Waals surface area contributed by atoms with Crippen LogP contribution in [0.4, 0.5) is 0 Å². The standard InChI is InChI=1S/C15H32N2/c1-6-10-16-13(3)15(4,5)12-17(11-7-2)14-8-9-14/h13-14,16H,6-12H2,1-5H3. The summed E-state index contributed by atoms with van der Waals surface area (Å²) in [5.74, 6) is 0. The third-order valence-corrected chi connectivity index (χ3v) is 4.06. The lowest BCUT2D eigenvalue weighted by molar-refractivity contribution is 0.136. The highest BCUT2D eigenvalue weighted by molar-refractivity contribution is 4.90. The summed E-state index contributed by atoms with van der Waals surface area (Å²) in [5, 5.41) is 3.65. The van der Waals surface area contributed by atoms with Crippen molar-refractivity contribution in [1.82, 2.24) is 10.2 Å². The van der Waals surface area contributed by atoms with E-state index in [0.717, 1.165) is 12.6 Å². The Morgan fingerprint density at radius 3 is 2.35 bits per heavy atom. The molecule has 17 heavy (non-hydrogen) atoms. The van der Waals surface area contributed by atoms with Gasteiger partial charge in [-0.2, -0.15) is 0 Å². The van der Waals surface area contributed by atoms with E-state index < -0.39 is 0 Å². The minimum absolute atomic E-state index is 0.368. The lowest BCUT2D eigenvalue weighted by atomic mass is 9.84. The fourth-order valence-corrected chi connectivity index (χ4v) is 2.42. The summed E-state index contributed by atoms with van der Waals surface area (Å²) >= 11 is 0. The Balaban J connectivity index is 2.43. The van der Waals surface area contributed by atoms with Crippen LogP contribution in [0.25, 0.3) is 0 Å². The van der Waals surface area contributed by atoms with Crippen molar-refractivity contribution in [2.24, 2.45) is 5.41 Å². The van der Waals surface area contributed by atoms with Gasteiger partial charge in [0, 0.05) is 18.6 Å². The van der Waals surface area contributed by atoms with Crippen LogP contribution < -0.4 is 5.32 Å². The maximum atomic E-state index is 3.65. The first-order chi connectivity index (χ1) is 8.01. The molecule has 0 aromatic heterocycles. The molecule has 0 spiro atoms. The van der Waals surface area contributed by atoms with Gasteiger partial charge in [0.1, 0.15) is 0 Å². The van der Waals surface area contributed by atoms with Gasteiger partial charge in [-0.25, -0.2) is 0 Å². The zero-order chi connectivity index (χ0) is 12.9. The van der Waals surface area contributed by atoms with E-state index in [4.69, 9.17) is 0 Å². The summed E-state index contributed by atoms with van der Waals surface area (Å²) in [6.07, 6.45) is 5.35.